The van der Waals surface area contributed by atoms with Crippen LogP contribution in [0.2, 0.25) is 0 Å². The van der Waals surface area contributed by atoms with Gasteiger partial charge in [0.15, 0.2) is 0 Å². The number of rotatable bonds is 6. The van der Waals surface area contributed by atoms with Crippen molar-refractivity contribution in [2.24, 2.45) is 11.3 Å². The van der Waals surface area contributed by atoms with Crippen LogP contribution in [0.3, 0.4) is 0 Å². The van der Waals surface area contributed by atoms with E-state index in [1.165, 1.54) is 32.1 Å². The van der Waals surface area contributed by atoms with Gasteiger partial charge in [-0.25, -0.2) is 4.79 Å². The SMILES string of the molecule is CC(C)CC1(CNc2cccc(C(=O)O)c2N)CCCC1. The first-order valence-corrected chi connectivity index (χ1v) is 7.79. The van der Waals surface area contributed by atoms with E-state index in [0.29, 0.717) is 17.0 Å². The Labute approximate surface area is 126 Å². The molecular formula is C17H26N2O2. The Kier molecular flexibility index (Phi) is 4.76. The van der Waals surface area contributed by atoms with Crippen molar-refractivity contribution in [2.75, 3.05) is 17.6 Å². The number of para-hydroxylation sites is 1. The maximum Gasteiger partial charge on any atom is 0.337 e. The molecule has 2 rings (SSSR count). The summed E-state index contributed by atoms with van der Waals surface area (Å²) < 4.78 is 0. The molecule has 0 radical (unpaired) electrons. The van der Waals surface area contributed by atoms with Gasteiger partial charge >= 0.3 is 5.97 Å². The van der Waals surface area contributed by atoms with E-state index in [2.05, 4.69) is 19.2 Å². The van der Waals surface area contributed by atoms with E-state index in [1.807, 2.05) is 6.07 Å². The zero-order chi connectivity index (χ0) is 15.5. The Morgan fingerprint density at radius 1 is 1.38 bits per heavy atom. The van der Waals surface area contributed by atoms with Gasteiger partial charge in [0.1, 0.15) is 0 Å². The predicted molar refractivity (Wildman–Crippen MR) is 86.7 cm³/mol. The molecule has 0 amide bonds. The summed E-state index contributed by atoms with van der Waals surface area (Å²) in [5.41, 5.74) is 7.55. The first-order valence-electron chi connectivity index (χ1n) is 7.79. The topological polar surface area (TPSA) is 75.3 Å². The number of carboxylic acid groups (broad SMARTS) is 1. The molecule has 0 saturated heterocycles. The molecule has 0 atom stereocenters. The molecule has 0 bridgehead atoms. The first kappa shape index (κ1) is 15.7. The number of hydrogen-bond acceptors (Lipinski definition) is 3. The van der Waals surface area contributed by atoms with Gasteiger partial charge in [-0.2, -0.15) is 0 Å². The van der Waals surface area contributed by atoms with Crippen molar-refractivity contribution < 1.29 is 9.90 Å². The molecule has 0 aromatic heterocycles. The van der Waals surface area contributed by atoms with Crippen LogP contribution in [0, 0.1) is 11.3 Å². The smallest absolute Gasteiger partial charge is 0.337 e. The van der Waals surface area contributed by atoms with E-state index in [-0.39, 0.29) is 5.56 Å². The third-order valence-corrected chi connectivity index (χ3v) is 4.50. The van der Waals surface area contributed by atoms with Gasteiger partial charge in [-0.15, -0.1) is 0 Å². The van der Waals surface area contributed by atoms with Crippen LogP contribution >= 0.6 is 0 Å². The molecule has 21 heavy (non-hydrogen) atoms. The lowest BCUT2D eigenvalue weighted by Crippen LogP contribution is -2.28. The fraction of sp³-hybridized carbons (Fsp3) is 0.588. The van der Waals surface area contributed by atoms with Crippen LogP contribution in [0.15, 0.2) is 18.2 Å². The van der Waals surface area contributed by atoms with Crippen LogP contribution in [0.5, 0.6) is 0 Å². The van der Waals surface area contributed by atoms with Gasteiger partial charge in [0.25, 0.3) is 0 Å². The number of nitrogens with two attached hydrogens (primary N) is 1. The minimum atomic E-state index is -0.978. The lowest BCUT2D eigenvalue weighted by molar-refractivity contribution is 0.0698. The van der Waals surface area contributed by atoms with Crippen molar-refractivity contribution in [3.05, 3.63) is 23.8 Å². The zero-order valence-corrected chi connectivity index (χ0v) is 13.0. The highest BCUT2D eigenvalue weighted by Crippen LogP contribution is 2.43. The molecule has 1 aliphatic rings. The van der Waals surface area contributed by atoms with Crippen molar-refractivity contribution >= 4 is 17.3 Å². The van der Waals surface area contributed by atoms with Gasteiger partial charge in [-0.05, 0) is 42.7 Å². The second-order valence-electron chi connectivity index (χ2n) is 6.73. The molecule has 4 nitrogen and oxygen atoms in total. The molecule has 1 aliphatic carbocycles. The monoisotopic (exact) mass is 290 g/mol. The molecule has 0 spiro atoms. The van der Waals surface area contributed by atoms with Crippen molar-refractivity contribution in [2.45, 2.75) is 46.0 Å². The highest BCUT2D eigenvalue weighted by Gasteiger charge is 2.34. The molecule has 1 saturated carbocycles. The summed E-state index contributed by atoms with van der Waals surface area (Å²) in [6, 6.07) is 5.15. The van der Waals surface area contributed by atoms with Gasteiger partial charge in [-0.3, -0.25) is 0 Å². The van der Waals surface area contributed by atoms with Gasteiger partial charge in [0.2, 0.25) is 0 Å². The largest absolute Gasteiger partial charge is 0.478 e. The number of anilines is 2. The number of benzene rings is 1. The van der Waals surface area contributed by atoms with Gasteiger partial charge in [0, 0.05) is 6.54 Å². The summed E-state index contributed by atoms with van der Waals surface area (Å²) in [6.07, 6.45) is 6.28. The molecule has 116 valence electrons. The number of aromatic carboxylic acids is 1. The molecule has 1 fully saturated rings. The maximum absolute atomic E-state index is 11.1. The quantitative estimate of drug-likeness (QED) is 0.693. The van der Waals surface area contributed by atoms with E-state index in [0.717, 1.165) is 12.2 Å². The second-order valence-corrected chi connectivity index (χ2v) is 6.73. The average Bonchev–Trinajstić information content (AvgIpc) is 2.85. The van der Waals surface area contributed by atoms with E-state index in [9.17, 15) is 4.79 Å². The third-order valence-electron chi connectivity index (χ3n) is 4.50. The number of carbonyl (C=O) groups is 1. The standard InChI is InChI=1S/C17H26N2O2/c1-12(2)10-17(8-3-4-9-17)11-19-14-7-5-6-13(15(14)18)16(20)21/h5-7,12,19H,3-4,8-11,18H2,1-2H3,(H,20,21). The second kappa shape index (κ2) is 6.37. The van der Waals surface area contributed by atoms with Gasteiger partial charge in [-0.1, -0.05) is 32.8 Å². The third kappa shape index (κ3) is 3.69. The maximum atomic E-state index is 11.1. The van der Waals surface area contributed by atoms with Crippen LogP contribution in [0.4, 0.5) is 11.4 Å². The molecule has 1 aromatic carbocycles. The Morgan fingerprint density at radius 2 is 2.05 bits per heavy atom. The summed E-state index contributed by atoms with van der Waals surface area (Å²) in [6.45, 7) is 5.40. The van der Waals surface area contributed by atoms with Crippen LogP contribution in [0.1, 0.15) is 56.3 Å². The zero-order valence-electron chi connectivity index (χ0n) is 13.0. The van der Waals surface area contributed by atoms with Gasteiger partial charge in [0.05, 0.1) is 16.9 Å². The molecular weight excluding hydrogens is 264 g/mol. The summed E-state index contributed by atoms with van der Waals surface area (Å²) in [4.78, 5) is 11.1. The van der Waals surface area contributed by atoms with E-state index >= 15 is 0 Å². The predicted octanol–water partition coefficient (Wildman–Crippen LogP) is 3.99. The Balaban J connectivity index is 2.11. The average molecular weight is 290 g/mol. The van der Waals surface area contributed by atoms with Crippen molar-refractivity contribution in [1.82, 2.24) is 0 Å². The van der Waals surface area contributed by atoms with Crippen molar-refractivity contribution in [3.8, 4) is 0 Å². The van der Waals surface area contributed by atoms with E-state index in [1.54, 1.807) is 12.1 Å². The molecule has 0 aliphatic heterocycles. The fourth-order valence-electron chi connectivity index (χ4n) is 3.63. The lowest BCUT2D eigenvalue weighted by atomic mass is 9.78. The van der Waals surface area contributed by atoms with Crippen molar-refractivity contribution in [1.29, 1.82) is 0 Å². The molecule has 4 N–H and O–H groups in total. The van der Waals surface area contributed by atoms with E-state index < -0.39 is 5.97 Å². The Hall–Kier alpha value is -1.71. The van der Waals surface area contributed by atoms with Gasteiger partial charge < -0.3 is 16.2 Å². The summed E-state index contributed by atoms with van der Waals surface area (Å²) in [7, 11) is 0. The van der Waals surface area contributed by atoms with Crippen LogP contribution in [-0.4, -0.2) is 17.6 Å². The molecule has 0 unspecified atom stereocenters. The number of carboxylic acids is 1. The number of nitrogens with one attached hydrogen (secondary N) is 1. The molecule has 0 heterocycles. The Morgan fingerprint density at radius 3 is 2.62 bits per heavy atom. The minimum Gasteiger partial charge on any atom is -0.478 e. The Bertz CT molecular complexity index is 506. The first-order chi connectivity index (χ1) is 9.93. The van der Waals surface area contributed by atoms with Crippen LogP contribution in [-0.2, 0) is 0 Å². The van der Waals surface area contributed by atoms with Crippen LogP contribution in [0.25, 0.3) is 0 Å². The van der Waals surface area contributed by atoms with E-state index in [4.69, 9.17) is 10.8 Å². The summed E-state index contributed by atoms with van der Waals surface area (Å²) >= 11 is 0. The minimum absolute atomic E-state index is 0.171. The molecule has 1 aromatic rings. The summed E-state index contributed by atoms with van der Waals surface area (Å²) in [5, 5.41) is 12.5. The highest BCUT2D eigenvalue weighted by molar-refractivity contribution is 5.97. The van der Waals surface area contributed by atoms with Crippen LogP contribution < -0.4 is 11.1 Å². The summed E-state index contributed by atoms with van der Waals surface area (Å²) in [5.74, 6) is -0.304. The molecule has 4 heteroatoms. The van der Waals surface area contributed by atoms with Crippen molar-refractivity contribution in [3.63, 3.8) is 0 Å². The number of hydrogen-bond donors (Lipinski definition) is 3. The normalized spacial score (nSPS) is 17.1. The fourth-order valence-corrected chi connectivity index (χ4v) is 3.63. The highest BCUT2D eigenvalue weighted by atomic mass is 16.4. The lowest BCUT2D eigenvalue weighted by Gasteiger charge is -2.32. The number of nitrogen functional groups attached to an aromatic ring is 1.